The number of aryl methyl sites for hydroxylation is 1. The van der Waals surface area contributed by atoms with Crippen molar-refractivity contribution in [3.8, 4) is 0 Å². The highest BCUT2D eigenvalue weighted by atomic mass is 32.2. The van der Waals surface area contributed by atoms with Gasteiger partial charge in [0.2, 0.25) is 5.91 Å². The lowest BCUT2D eigenvalue weighted by Crippen LogP contribution is -2.57. The molecule has 0 aliphatic carbocycles. The Bertz CT molecular complexity index is 1080. The van der Waals surface area contributed by atoms with E-state index < -0.39 is 16.0 Å². The fourth-order valence-electron chi connectivity index (χ4n) is 4.12. The van der Waals surface area contributed by atoms with Crippen LogP contribution >= 0.6 is 0 Å². The number of hydrogen-bond donors (Lipinski definition) is 0. The second-order valence-corrected chi connectivity index (χ2v) is 10.0. The van der Waals surface area contributed by atoms with Gasteiger partial charge in [-0.3, -0.25) is 9.36 Å². The number of carbonyl (C=O) groups is 1. The van der Waals surface area contributed by atoms with Gasteiger partial charge in [0.1, 0.15) is 0 Å². The Hall–Kier alpha value is -2.21. The molecule has 31 heavy (non-hydrogen) atoms. The first-order valence-corrected chi connectivity index (χ1v) is 12.1. The molecule has 1 aromatic heterocycles. The van der Waals surface area contributed by atoms with Crippen molar-refractivity contribution in [1.29, 1.82) is 0 Å². The Labute approximate surface area is 181 Å². The van der Waals surface area contributed by atoms with Crippen LogP contribution in [-0.4, -0.2) is 96.7 Å². The second kappa shape index (κ2) is 9.11. The maximum absolute atomic E-state index is 12.9. The van der Waals surface area contributed by atoms with Crippen LogP contribution in [0.5, 0.6) is 0 Å². The van der Waals surface area contributed by atoms with Crippen LogP contribution in [0.15, 0.2) is 33.5 Å². The minimum atomic E-state index is -3.48. The number of para-hydroxylation sites is 2. The number of fused-ring (bicyclic) bond motifs is 1. The molecule has 4 rings (SSSR count). The minimum Gasteiger partial charge on any atom is -0.408 e. The molecule has 0 radical (unpaired) electrons. The highest BCUT2D eigenvalue weighted by Gasteiger charge is 2.34. The normalized spacial score (nSPS) is 19.8. The molecule has 2 aromatic rings. The molecular formula is C20H29N5O5S. The van der Waals surface area contributed by atoms with E-state index in [0.717, 1.165) is 18.6 Å². The van der Waals surface area contributed by atoms with Crippen LogP contribution in [0.2, 0.25) is 0 Å². The number of nitrogens with zero attached hydrogens (tertiary/aromatic N) is 5. The van der Waals surface area contributed by atoms with E-state index in [4.69, 9.17) is 4.42 Å². The van der Waals surface area contributed by atoms with Crippen LogP contribution in [0, 0.1) is 0 Å². The number of hydrogen-bond acceptors (Lipinski definition) is 6. The molecule has 1 amide bonds. The summed E-state index contributed by atoms with van der Waals surface area (Å²) in [6.07, 6.45) is 0.819. The third kappa shape index (κ3) is 4.69. The largest absolute Gasteiger partial charge is 0.419 e. The molecule has 3 heterocycles. The summed E-state index contributed by atoms with van der Waals surface area (Å²) in [4.78, 5) is 28.5. The number of benzene rings is 1. The van der Waals surface area contributed by atoms with Crippen molar-refractivity contribution in [2.24, 2.45) is 0 Å². The summed E-state index contributed by atoms with van der Waals surface area (Å²) < 4.78 is 35.5. The van der Waals surface area contributed by atoms with Crippen molar-refractivity contribution in [3.05, 3.63) is 34.8 Å². The van der Waals surface area contributed by atoms with Crippen molar-refractivity contribution in [1.82, 2.24) is 23.0 Å². The van der Waals surface area contributed by atoms with Gasteiger partial charge in [0.25, 0.3) is 10.2 Å². The zero-order valence-corrected chi connectivity index (χ0v) is 18.6. The zero-order valence-electron chi connectivity index (χ0n) is 17.8. The molecule has 2 fully saturated rings. The second-order valence-electron chi connectivity index (χ2n) is 8.08. The first kappa shape index (κ1) is 22.0. The summed E-state index contributed by atoms with van der Waals surface area (Å²) in [5, 5.41) is 0. The quantitative estimate of drug-likeness (QED) is 0.614. The van der Waals surface area contributed by atoms with Gasteiger partial charge in [-0.1, -0.05) is 12.1 Å². The summed E-state index contributed by atoms with van der Waals surface area (Å²) in [5.74, 6) is -0.436. The van der Waals surface area contributed by atoms with E-state index >= 15 is 0 Å². The van der Waals surface area contributed by atoms with Gasteiger partial charge in [-0.2, -0.15) is 17.0 Å². The predicted octanol–water partition coefficient (Wildman–Crippen LogP) is 0.0111. The molecule has 0 atom stereocenters. The van der Waals surface area contributed by atoms with E-state index in [1.165, 1.54) is 8.61 Å². The van der Waals surface area contributed by atoms with Crippen molar-refractivity contribution >= 4 is 27.2 Å². The van der Waals surface area contributed by atoms with E-state index in [1.54, 1.807) is 15.5 Å². The summed E-state index contributed by atoms with van der Waals surface area (Å²) in [6, 6.07) is 7.22. The lowest BCUT2D eigenvalue weighted by molar-refractivity contribution is -0.132. The van der Waals surface area contributed by atoms with Crippen LogP contribution in [0.1, 0.15) is 12.8 Å². The number of likely N-dealkylation sites (N-methyl/N-ethyl adjacent to an activating group) is 1. The molecule has 2 saturated heterocycles. The molecule has 2 aliphatic rings. The molecule has 0 N–H and O–H groups in total. The number of rotatable bonds is 6. The number of aromatic nitrogens is 1. The van der Waals surface area contributed by atoms with Gasteiger partial charge >= 0.3 is 5.76 Å². The molecule has 2 aliphatic heterocycles. The van der Waals surface area contributed by atoms with Gasteiger partial charge < -0.3 is 14.2 Å². The maximum atomic E-state index is 12.9. The summed E-state index contributed by atoms with van der Waals surface area (Å²) in [6.45, 7) is 4.26. The number of piperazine rings is 2. The first-order chi connectivity index (χ1) is 14.9. The summed E-state index contributed by atoms with van der Waals surface area (Å²) in [7, 11) is -1.49. The first-order valence-electron chi connectivity index (χ1n) is 10.7. The molecule has 11 heteroatoms. The van der Waals surface area contributed by atoms with Crippen molar-refractivity contribution in [3.63, 3.8) is 0 Å². The third-order valence-electron chi connectivity index (χ3n) is 6.05. The smallest absolute Gasteiger partial charge is 0.408 e. The highest BCUT2D eigenvalue weighted by molar-refractivity contribution is 7.86. The molecule has 10 nitrogen and oxygen atoms in total. The Kier molecular flexibility index (Phi) is 6.47. The standard InChI is InChI=1S/C20H29N5O5S/c1-21-9-13-23(14-10-21)31(28,29)24-15-11-22(12-16-24)19(26)7-4-8-25-17-5-2-3-6-18(17)30-20(25)27/h2-3,5-6H,4,7-16H2,1H3. The van der Waals surface area contributed by atoms with Gasteiger partial charge in [-0.05, 0) is 25.6 Å². The van der Waals surface area contributed by atoms with E-state index in [2.05, 4.69) is 4.90 Å². The zero-order chi connectivity index (χ0) is 22.0. The van der Waals surface area contributed by atoms with Crippen LogP contribution in [-0.2, 0) is 21.5 Å². The van der Waals surface area contributed by atoms with Gasteiger partial charge in [-0.25, -0.2) is 4.79 Å². The Morgan fingerprint density at radius 3 is 2.26 bits per heavy atom. The minimum absolute atomic E-state index is 0.0162. The van der Waals surface area contributed by atoms with Gasteiger partial charge in [0, 0.05) is 65.3 Å². The molecule has 0 spiro atoms. The van der Waals surface area contributed by atoms with Gasteiger partial charge in [-0.15, -0.1) is 0 Å². The number of oxazole rings is 1. The fraction of sp³-hybridized carbons (Fsp3) is 0.600. The number of carbonyl (C=O) groups excluding carboxylic acids is 1. The van der Waals surface area contributed by atoms with E-state index in [0.29, 0.717) is 64.2 Å². The average molecular weight is 452 g/mol. The average Bonchev–Trinajstić information content (AvgIpc) is 3.09. The molecule has 1 aromatic carbocycles. The van der Waals surface area contributed by atoms with Crippen molar-refractivity contribution < 1.29 is 17.6 Å². The van der Waals surface area contributed by atoms with Crippen LogP contribution in [0.25, 0.3) is 11.1 Å². The van der Waals surface area contributed by atoms with E-state index in [-0.39, 0.29) is 5.91 Å². The topological polar surface area (TPSA) is 99.3 Å². The van der Waals surface area contributed by atoms with E-state index in [1.807, 2.05) is 25.2 Å². The van der Waals surface area contributed by atoms with E-state index in [9.17, 15) is 18.0 Å². The lowest BCUT2D eigenvalue weighted by atomic mass is 10.2. The molecular weight excluding hydrogens is 422 g/mol. The van der Waals surface area contributed by atoms with Crippen molar-refractivity contribution in [2.75, 3.05) is 59.4 Å². The third-order valence-corrected chi connectivity index (χ3v) is 8.09. The molecule has 0 bridgehead atoms. The van der Waals surface area contributed by atoms with Crippen LogP contribution in [0.3, 0.4) is 0 Å². The highest BCUT2D eigenvalue weighted by Crippen LogP contribution is 2.16. The Balaban J connectivity index is 1.26. The summed E-state index contributed by atoms with van der Waals surface area (Å²) in [5.41, 5.74) is 1.26. The predicted molar refractivity (Wildman–Crippen MR) is 116 cm³/mol. The Morgan fingerprint density at radius 1 is 0.968 bits per heavy atom. The molecule has 0 saturated carbocycles. The number of amides is 1. The maximum Gasteiger partial charge on any atom is 0.419 e. The Morgan fingerprint density at radius 2 is 1.58 bits per heavy atom. The summed E-state index contributed by atoms with van der Waals surface area (Å²) >= 11 is 0. The monoisotopic (exact) mass is 451 g/mol. The molecule has 170 valence electrons. The molecule has 0 unspecified atom stereocenters. The lowest BCUT2D eigenvalue weighted by Gasteiger charge is -2.39. The SMILES string of the molecule is CN1CCN(S(=O)(=O)N2CCN(C(=O)CCCn3c(=O)oc4ccccc43)CC2)CC1. The van der Waals surface area contributed by atoms with Gasteiger partial charge in [0.15, 0.2) is 5.58 Å². The fourth-order valence-corrected chi connectivity index (χ4v) is 5.70. The van der Waals surface area contributed by atoms with Crippen LogP contribution in [0.4, 0.5) is 0 Å². The van der Waals surface area contributed by atoms with Crippen molar-refractivity contribution in [2.45, 2.75) is 19.4 Å². The van der Waals surface area contributed by atoms with Gasteiger partial charge in [0.05, 0.1) is 5.52 Å². The van der Waals surface area contributed by atoms with Crippen LogP contribution < -0.4 is 5.76 Å².